The van der Waals surface area contributed by atoms with Crippen molar-refractivity contribution in [3.63, 3.8) is 0 Å². The van der Waals surface area contributed by atoms with E-state index in [1.807, 2.05) is 0 Å². The average molecular weight is 263 g/mol. The van der Waals surface area contributed by atoms with E-state index in [9.17, 15) is 14.7 Å². The summed E-state index contributed by atoms with van der Waals surface area (Å²) >= 11 is 0. The van der Waals surface area contributed by atoms with Gasteiger partial charge in [0.1, 0.15) is 5.69 Å². The van der Waals surface area contributed by atoms with Crippen LogP contribution in [-0.2, 0) is 11.8 Å². The summed E-state index contributed by atoms with van der Waals surface area (Å²) < 4.78 is 1.67. The van der Waals surface area contributed by atoms with Gasteiger partial charge in [0.05, 0.1) is 18.4 Å². The van der Waals surface area contributed by atoms with Gasteiger partial charge in [0.25, 0.3) is 5.91 Å². The van der Waals surface area contributed by atoms with Gasteiger partial charge < -0.3 is 14.6 Å². The molecule has 1 aliphatic heterocycles. The molecule has 6 heteroatoms. The van der Waals surface area contributed by atoms with Gasteiger partial charge in [-0.05, 0) is 24.7 Å². The van der Waals surface area contributed by atoms with Gasteiger partial charge >= 0.3 is 5.97 Å². The predicted octanol–water partition coefficient (Wildman–Crippen LogP) is 0.603. The Morgan fingerprint density at radius 3 is 2.63 bits per heavy atom. The molecule has 2 aliphatic rings. The largest absolute Gasteiger partial charge is 0.481 e. The molecule has 0 spiro atoms. The monoisotopic (exact) mass is 263 g/mol. The molecule has 0 radical (unpaired) electrons. The molecule has 1 aromatic heterocycles. The molecule has 102 valence electrons. The van der Waals surface area contributed by atoms with Crippen molar-refractivity contribution in [2.75, 3.05) is 13.1 Å². The quantitative estimate of drug-likeness (QED) is 0.866. The molecule has 1 amide bonds. The van der Waals surface area contributed by atoms with E-state index in [-0.39, 0.29) is 11.8 Å². The second-order valence-corrected chi connectivity index (χ2v) is 5.55. The van der Waals surface area contributed by atoms with Gasteiger partial charge in [0, 0.05) is 20.1 Å². The van der Waals surface area contributed by atoms with Crippen LogP contribution in [0.4, 0.5) is 0 Å². The minimum atomic E-state index is -0.780. The zero-order valence-corrected chi connectivity index (χ0v) is 10.8. The minimum Gasteiger partial charge on any atom is -0.481 e. The standard InChI is InChI=1S/C13H17N3O3/c1-15-7-14-4-11(15)12(17)16-5-9(8-2-3-8)10(6-16)13(18)19/h4,7-10H,2-3,5-6H2,1H3,(H,18,19)/t9-,10+/m0/s1. The number of hydrogen-bond donors (Lipinski definition) is 1. The molecule has 1 saturated carbocycles. The van der Waals surface area contributed by atoms with Crippen LogP contribution in [0.2, 0.25) is 0 Å². The third kappa shape index (κ3) is 2.11. The van der Waals surface area contributed by atoms with E-state index in [4.69, 9.17) is 0 Å². The second-order valence-electron chi connectivity index (χ2n) is 5.55. The van der Waals surface area contributed by atoms with Crippen LogP contribution in [0.1, 0.15) is 23.3 Å². The fourth-order valence-electron chi connectivity index (χ4n) is 2.98. The Morgan fingerprint density at radius 1 is 1.37 bits per heavy atom. The van der Waals surface area contributed by atoms with Crippen LogP contribution < -0.4 is 0 Å². The fourth-order valence-corrected chi connectivity index (χ4v) is 2.98. The van der Waals surface area contributed by atoms with Crippen molar-refractivity contribution in [2.24, 2.45) is 24.8 Å². The molecule has 0 unspecified atom stereocenters. The topological polar surface area (TPSA) is 75.4 Å². The Hall–Kier alpha value is -1.85. The maximum absolute atomic E-state index is 12.4. The molecule has 6 nitrogen and oxygen atoms in total. The van der Waals surface area contributed by atoms with Gasteiger partial charge in [-0.3, -0.25) is 9.59 Å². The van der Waals surface area contributed by atoms with Crippen molar-refractivity contribution in [1.82, 2.24) is 14.5 Å². The SMILES string of the molecule is Cn1cncc1C(=O)N1C[C@@H](C(=O)O)[C@H](C2CC2)C1. The maximum Gasteiger partial charge on any atom is 0.308 e. The van der Waals surface area contributed by atoms with E-state index in [1.54, 1.807) is 22.8 Å². The van der Waals surface area contributed by atoms with Crippen LogP contribution in [0, 0.1) is 17.8 Å². The number of amides is 1. The number of carboxylic acids is 1. The molecule has 2 fully saturated rings. The predicted molar refractivity (Wildman–Crippen MR) is 66.5 cm³/mol. The summed E-state index contributed by atoms with van der Waals surface area (Å²) in [5.74, 6) is -0.698. The second kappa shape index (κ2) is 4.36. The zero-order valence-electron chi connectivity index (χ0n) is 10.8. The average Bonchev–Trinajstić information content (AvgIpc) is 2.97. The number of imidazole rings is 1. The van der Waals surface area contributed by atoms with Crippen LogP contribution in [0.15, 0.2) is 12.5 Å². The Bertz CT molecular complexity index is 521. The van der Waals surface area contributed by atoms with E-state index in [0.29, 0.717) is 24.7 Å². The number of likely N-dealkylation sites (tertiary alicyclic amines) is 1. The molecule has 0 bridgehead atoms. The van der Waals surface area contributed by atoms with E-state index >= 15 is 0 Å². The molecule has 0 aromatic carbocycles. The molecule has 1 N–H and O–H groups in total. The van der Waals surface area contributed by atoms with Crippen LogP contribution in [0.25, 0.3) is 0 Å². The summed E-state index contributed by atoms with van der Waals surface area (Å²) in [5, 5.41) is 9.29. The van der Waals surface area contributed by atoms with Crippen molar-refractivity contribution in [3.8, 4) is 0 Å². The summed E-state index contributed by atoms with van der Waals surface area (Å²) in [6.45, 7) is 0.881. The number of carboxylic acid groups (broad SMARTS) is 1. The van der Waals surface area contributed by atoms with Crippen molar-refractivity contribution in [2.45, 2.75) is 12.8 Å². The number of aliphatic carboxylic acids is 1. The van der Waals surface area contributed by atoms with E-state index in [0.717, 1.165) is 12.8 Å². The Kier molecular flexibility index (Phi) is 2.80. The van der Waals surface area contributed by atoms with Crippen molar-refractivity contribution < 1.29 is 14.7 Å². The van der Waals surface area contributed by atoms with E-state index < -0.39 is 11.9 Å². The number of nitrogens with zero attached hydrogens (tertiary/aromatic N) is 3. The fraction of sp³-hybridized carbons (Fsp3) is 0.615. The molecule has 2 heterocycles. The molecule has 2 atom stereocenters. The van der Waals surface area contributed by atoms with Crippen molar-refractivity contribution in [3.05, 3.63) is 18.2 Å². The summed E-state index contributed by atoms with van der Waals surface area (Å²) in [6.07, 6.45) is 5.31. The number of carbonyl (C=O) groups excluding carboxylic acids is 1. The highest BCUT2D eigenvalue weighted by Gasteiger charge is 2.47. The zero-order chi connectivity index (χ0) is 13.6. The van der Waals surface area contributed by atoms with Gasteiger partial charge in [0.2, 0.25) is 0 Å². The van der Waals surface area contributed by atoms with E-state index in [1.165, 1.54) is 6.20 Å². The third-order valence-electron chi connectivity index (χ3n) is 4.23. The Morgan fingerprint density at radius 2 is 2.11 bits per heavy atom. The first kappa shape index (κ1) is 12.2. The molecule has 3 rings (SSSR count). The first-order valence-corrected chi connectivity index (χ1v) is 6.56. The summed E-state index contributed by atoms with van der Waals surface area (Å²) in [5.41, 5.74) is 0.514. The highest BCUT2D eigenvalue weighted by atomic mass is 16.4. The van der Waals surface area contributed by atoms with Gasteiger partial charge in [-0.1, -0.05) is 0 Å². The van der Waals surface area contributed by atoms with Gasteiger partial charge in [0.15, 0.2) is 0 Å². The van der Waals surface area contributed by atoms with Crippen molar-refractivity contribution in [1.29, 1.82) is 0 Å². The number of aryl methyl sites for hydroxylation is 1. The van der Waals surface area contributed by atoms with Crippen LogP contribution in [0.3, 0.4) is 0 Å². The summed E-state index contributed by atoms with van der Waals surface area (Å²) in [4.78, 5) is 29.3. The van der Waals surface area contributed by atoms with E-state index in [2.05, 4.69) is 4.98 Å². The number of aromatic nitrogens is 2. The molecular formula is C13H17N3O3. The lowest BCUT2D eigenvalue weighted by Crippen LogP contribution is -2.31. The minimum absolute atomic E-state index is 0.116. The van der Waals surface area contributed by atoms with Gasteiger partial charge in [-0.25, -0.2) is 4.98 Å². The van der Waals surface area contributed by atoms with Crippen molar-refractivity contribution >= 4 is 11.9 Å². The molecule has 1 saturated heterocycles. The lowest BCUT2D eigenvalue weighted by Gasteiger charge is -2.16. The lowest BCUT2D eigenvalue weighted by molar-refractivity contribution is -0.142. The Labute approximate surface area is 111 Å². The Balaban J connectivity index is 1.78. The number of carbonyl (C=O) groups is 2. The normalized spacial score (nSPS) is 26.7. The molecule has 19 heavy (non-hydrogen) atoms. The highest BCUT2D eigenvalue weighted by molar-refractivity contribution is 5.93. The third-order valence-corrected chi connectivity index (χ3v) is 4.23. The van der Waals surface area contributed by atoms with Crippen LogP contribution in [-0.4, -0.2) is 44.5 Å². The molecule has 1 aromatic rings. The van der Waals surface area contributed by atoms with Crippen LogP contribution in [0.5, 0.6) is 0 Å². The first-order valence-electron chi connectivity index (χ1n) is 6.56. The summed E-state index contributed by atoms with van der Waals surface area (Å²) in [7, 11) is 1.77. The van der Waals surface area contributed by atoms with Crippen LogP contribution >= 0.6 is 0 Å². The molecular weight excluding hydrogens is 246 g/mol. The smallest absolute Gasteiger partial charge is 0.308 e. The highest BCUT2D eigenvalue weighted by Crippen LogP contribution is 2.44. The summed E-state index contributed by atoms with van der Waals surface area (Å²) in [6, 6.07) is 0. The first-order chi connectivity index (χ1) is 9.08. The van der Waals surface area contributed by atoms with Gasteiger partial charge in [-0.15, -0.1) is 0 Å². The number of rotatable bonds is 3. The molecule has 1 aliphatic carbocycles. The van der Waals surface area contributed by atoms with Gasteiger partial charge in [-0.2, -0.15) is 0 Å². The lowest BCUT2D eigenvalue weighted by atomic mass is 9.92. The maximum atomic E-state index is 12.4. The number of hydrogen-bond acceptors (Lipinski definition) is 3.